The van der Waals surface area contributed by atoms with Gasteiger partial charge in [0.1, 0.15) is 17.8 Å². The van der Waals surface area contributed by atoms with Crippen molar-refractivity contribution in [1.29, 1.82) is 0 Å². The first kappa shape index (κ1) is 16.5. The van der Waals surface area contributed by atoms with Crippen LogP contribution in [0, 0.1) is 0 Å². The molecule has 0 radical (unpaired) electrons. The van der Waals surface area contributed by atoms with Crippen LogP contribution in [0.15, 0.2) is 28.3 Å². The van der Waals surface area contributed by atoms with E-state index in [0.29, 0.717) is 16.2 Å². The number of ether oxygens (including phenoxy) is 1. The predicted octanol–water partition coefficient (Wildman–Crippen LogP) is 2.25. The van der Waals surface area contributed by atoms with Crippen molar-refractivity contribution in [2.45, 2.75) is 45.0 Å². The molecule has 7 heteroatoms. The zero-order valence-corrected chi connectivity index (χ0v) is 13.9. The number of esters is 1. The van der Waals surface area contributed by atoms with Crippen molar-refractivity contribution in [3.05, 3.63) is 28.7 Å². The lowest BCUT2D eigenvalue weighted by atomic mass is 10.2. The molecule has 0 unspecified atom stereocenters. The Labute approximate surface area is 132 Å². The van der Waals surface area contributed by atoms with Gasteiger partial charge in [-0.25, -0.2) is 9.97 Å². The Morgan fingerprint density at radius 2 is 2.09 bits per heavy atom. The van der Waals surface area contributed by atoms with Crippen LogP contribution in [0.25, 0.3) is 11.0 Å². The summed E-state index contributed by atoms with van der Waals surface area (Å²) in [5.74, 6) is 0.361. The van der Waals surface area contributed by atoms with Crippen LogP contribution in [-0.4, -0.2) is 31.9 Å². The number of fused-ring (bicyclic) bond motifs is 1. The standard InChI is InChI=1S/C15H19N3O3S/c1-5-22-14-16-8-10-6-7-11(19)18(13(10)17-14)9-12(20)21-15(2,3)4/h6-8H,5,9H2,1-4H3. The summed E-state index contributed by atoms with van der Waals surface area (Å²) in [5.41, 5.74) is -0.433. The van der Waals surface area contributed by atoms with E-state index in [-0.39, 0.29) is 12.1 Å². The summed E-state index contributed by atoms with van der Waals surface area (Å²) in [6.45, 7) is 7.19. The summed E-state index contributed by atoms with van der Waals surface area (Å²) < 4.78 is 6.60. The highest BCUT2D eigenvalue weighted by atomic mass is 32.2. The van der Waals surface area contributed by atoms with E-state index < -0.39 is 11.6 Å². The van der Waals surface area contributed by atoms with Crippen LogP contribution in [0.5, 0.6) is 0 Å². The summed E-state index contributed by atoms with van der Waals surface area (Å²) in [6, 6.07) is 3.06. The Kier molecular flexibility index (Phi) is 4.85. The molecular formula is C15H19N3O3S. The van der Waals surface area contributed by atoms with Gasteiger partial charge in [0.25, 0.3) is 5.56 Å². The van der Waals surface area contributed by atoms with Gasteiger partial charge in [-0.2, -0.15) is 0 Å². The minimum atomic E-state index is -0.594. The van der Waals surface area contributed by atoms with E-state index in [0.717, 1.165) is 5.75 Å². The molecule has 0 aliphatic heterocycles. The van der Waals surface area contributed by atoms with E-state index in [4.69, 9.17) is 4.74 Å². The molecule has 118 valence electrons. The van der Waals surface area contributed by atoms with Crippen molar-refractivity contribution in [2.75, 3.05) is 5.75 Å². The molecule has 2 heterocycles. The fourth-order valence-electron chi connectivity index (χ4n) is 1.91. The Morgan fingerprint density at radius 3 is 2.73 bits per heavy atom. The van der Waals surface area contributed by atoms with Gasteiger partial charge < -0.3 is 4.74 Å². The molecule has 0 bridgehead atoms. The predicted molar refractivity (Wildman–Crippen MR) is 86.0 cm³/mol. The third kappa shape index (κ3) is 4.07. The van der Waals surface area contributed by atoms with Crippen molar-refractivity contribution in [3.63, 3.8) is 0 Å². The van der Waals surface area contributed by atoms with E-state index >= 15 is 0 Å². The highest BCUT2D eigenvalue weighted by Gasteiger charge is 2.18. The normalized spacial score (nSPS) is 11.6. The average molecular weight is 321 g/mol. The molecular weight excluding hydrogens is 302 g/mol. The Hall–Kier alpha value is -1.89. The molecule has 0 spiro atoms. The summed E-state index contributed by atoms with van der Waals surface area (Å²) in [6.07, 6.45) is 1.66. The van der Waals surface area contributed by atoms with Crippen molar-refractivity contribution < 1.29 is 9.53 Å². The number of nitrogens with zero attached hydrogens (tertiary/aromatic N) is 3. The van der Waals surface area contributed by atoms with Crippen molar-refractivity contribution >= 4 is 28.8 Å². The number of thioether (sulfide) groups is 1. The highest BCUT2D eigenvalue weighted by Crippen LogP contribution is 2.16. The maximum Gasteiger partial charge on any atom is 0.326 e. The zero-order valence-electron chi connectivity index (χ0n) is 13.1. The van der Waals surface area contributed by atoms with Crippen LogP contribution < -0.4 is 5.56 Å². The second-order valence-electron chi connectivity index (χ2n) is 5.71. The number of aromatic nitrogens is 3. The van der Waals surface area contributed by atoms with E-state index in [1.54, 1.807) is 33.0 Å². The summed E-state index contributed by atoms with van der Waals surface area (Å²) in [5, 5.41) is 1.29. The second kappa shape index (κ2) is 6.48. The van der Waals surface area contributed by atoms with E-state index in [2.05, 4.69) is 9.97 Å². The van der Waals surface area contributed by atoms with Gasteiger partial charge in [0.05, 0.1) is 0 Å². The van der Waals surface area contributed by atoms with Gasteiger partial charge in [-0.05, 0) is 32.6 Å². The summed E-state index contributed by atoms with van der Waals surface area (Å²) in [7, 11) is 0. The molecule has 0 saturated carbocycles. The average Bonchev–Trinajstić information content (AvgIpc) is 2.40. The van der Waals surface area contributed by atoms with Crippen LogP contribution >= 0.6 is 11.8 Å². The zero-order chi connectivity index (χ0) is 16.3. The third-order valence-corrected chi connectivity index (χ3v) is 3.43. The number of carbonyl (C=O) groups is 1. The maximum absolute atomic E-state index is 12.1. The van der Waals surface area contributed by atoms with Gasteiger partial charge in [-0.3, -0.25) is 14.2 Å². The van der Waals surface area contributed by atoms with E-state index in [1.807, 2.05) is 6.92 Å². The molecule has 2 rings (SSSR count). The maximum atomic E-state index is 12.1. The summed E-state index contributed by atoms with van der Waals surface area (Å²) in [4.78, 5) is 32.7. The minimum Gasteiger partial charge on any atom is -0.459 e. The number of pyridine rings is 1. The monoisotopic (exact) mass is 321 g/mol. The molecule has 0 saturated heterocycles. The van der Waals surface area contributed by atoms with Crippen LogP contribution in [0.2, 0.25) is 0 Å². The number of carbonyl (C=O) groups excluding carboxylic acids is 1. The molecule has 0 aliphatic rings. The van der Waals surface area contributed by atoms with E-state index in [9.17, 15) is 9.59 Å². The van der Waals surface area contributed by atoms with Gasteiger partial charge in [0.2, 0.25) is 0 Å². The fraction of sp³-hybridized carbons (Fsp3) is 0.467. The van der Waals surface area contributed by atoms with Gasteiger partial charge in [0.15, 0.2) is 5.16 Å². The quantitative estimate of drug-likeness (QED) is 0.488. The molecule has 0 amide bonds. The highest BCUT2D eigenvalue weighted by molar-refractivity contribution is 7.99. The molecule has 22 heavy (non-hydrogen) atoms. The lowest BCUT2D eigenvalue weighted by molar-refractivity contribution is -0.155. The SMILES string of the molecule is CCSc1ncc2ccc(=O)n(CC(=O)OC(C)(C)C)c2n1. The number of rotatable bonds is 4. The largest absolute Gasteiger partial charge is 0.459 e. The molecule has 0 aromatic carbocycles. The molecule has 6 nitrogen and oxygen atoms in total. The lowest BCUT2D eigenvalue weighted by Crippen LogP contribution is -2.30. The van der Waals surface area contributed by atoms with Gasteiger partial charge in [0, 0.05) is 17.6 Å². The van der Waals surface area contributed by atoms with Crippen molar-refractivity contribution in [1.82, 2.24) is 14.5 Å². The first-order valence-electron chi connectivity index (χ1n) is 7.01. The number of hydrogen-bond acceptors (Lipinski definition) is 6. The Morgan fingerprint density at radius 1 is 1.36 bits per heavy atom. The first-order chi connectivity index (χ1) is 10.3. The smallest absolute Gasteiger partial charge is 0.326 e. The first-order valence-corrected chi connectivity index (χ1v) is 8.00. The lowest BCUT2D eigenvalue weighted by Gasteiger charge is -2.20. The third-order valence-electron chi connectivity index (χ3n) is 2.68. The molecule has 2 aromatic heterocycles. The van der Waals surface area contributed by atoms with Gasteiger partial charge in [-0.1, -0.05) is 18.7 Å². The van der Waals surface area contributed by atoms with Crippen LogP contribution in [0.4, 0.5) is 0 Å². The molecule has 0 atom stereocenters. The van der Waals surface area contributed by atoms with Crippen LogP contribution in [0.1, 0.15) is 27.7 Å². The molecule has 2 aromatic rings. The minimum absolute atomic E-state index is 0.166. The summed E-state index contributed by atoms with van der Waals surface area (Å²) >= 11 is 1.48. The Bertz CT molecular complexity index is 750. The van der Waals surface area contributed by atoms with Crippen molar-refractivity contribution in [3.8, 4) is 0 Å². The van der Waals surface area contributed by atoms with Gasteiger partial charge >= 0.3 is 5.97 Å². The van der Waals surface area contributed by atoms with E-state index in [1.165, 1.54) is 22.4 Å². The second-order valence-corrected chi connectivity index (χ2v) is 6.94. The topological polar surface area (TPSA) is 74.1 Å². The number of hydrogen-bond donors (Lipinski definition) is 0. The molecule has 0 aliphatic carbocycles. The van der Waals surface area contributed by atoms with Crippen LogP contribution in [0.3, 0.4) is 0 Å². The van der Waals surface area contributed by atoms with Crippen molar-refractivity contribution in [2.24, 2.45) is 0 Å². The Balaban J connectivity index is 2.42. The van der Waals surface area contributed by atoms with Crippen LogP contribution in [-0.2, 0) is 16.1 Å². The fourth-order valence-corrected chi connectivity index (χ4v) is 2.45. The molecule has 0 fully saturated rings. The molecule has 0 N–H and O–H groups in total. The van der Waals surface area contributed by atoms with Gasteiger partial charge in [-0.15, -0.1) is 0 Å².